The third-order valence-electron chi connectivity index (χ3n) is 2.24. The van der Waals surface area contributed by atoms with Gasteiger partial charge in [0.2, 0.25) is 5.88 Å². The van der Waals surface area contributed by atoms with Crippen LogP contribution in [0, 0.1) is 0 Å². The molecule has 1 aromatic heterocycles. The number of nitrogens with zero attached hydrogens (tertiary/aromatic N) is 2. The standard InChI is InChI=1S/C13H19BrN2O3/c1-13(2,3)19-12(17)16(4)8-9-6-7-15-11(18-5)10(9)14/h6-7H,8H2,1-5H3. The van der Waals surface area contributed by atoms with Crippen LogP contribution in [0.15, 0.2) is 16.7 Å². The number of carbonyl (C=O) groups is 1. The van der Waals surface area contributed by atoms with Crippen LogP contribution in [0.25, 0.3) is 0 Å². The van der Waals surface area contributed by atoms with Crippen molar-refractivity contribution in [3.63, 3.8) is 0 Å². The Morgan fingerprint density at radius 2 is 2.11 bits per heavy atom. The van der Waals surface area contributed by atoms with Gasteiger partial charge in [-0.05, 0) is 48.3 Å². The minimum absolute atomic E-state index is 0.366. The Labute approximate surface area is 122 Å². The van der Waals surface area contributed by atoms with Crippen molar-refractivity contribution in [2.24, 2.45) is 0 Å². The number of amides is 1. The molecule has 0 atom stereocenters. The number of hydrogen-bond donors (Lipinski definition) is 0. The van der Waals surface area contributed by atoms with Crippen LogP contribution in [-0.2, 0) is 11.3 Å². The first-order valence-corrected chi connectivity index (χ1v) is 6.65. The van der Waals surface area contributed by atoms with Crippen molar-refractivity contribution in [2.45, 2.75) is 32.9 Å². The van der Waals surface area contributed by atoms with E-state index in [4.69, 9.17) is 9.47 Å². The zero-order chi connectivity index (χ0) is 14.6. The number of halogens is 1. The summed E-state index contributed by atoms with van der Waals surface area (Å²) < 4.78 is 11.2. The van der Waals surface area contributed by atoms with E-state index in [1.165, 1.54) is 4.90 Å². The highest BCUT2D eigenvalue weighted by Crippen LogP contribution is 2.26. The van der Waals surface area contributed by atoms with E-state index in [-0.39, 0.29) is 6.09 Å². The molecule has 106 valence electrons. The van der Waals surface area contributed by atoms with E-state index in [9.17, 15) is 4.79 Å². The first-order chi connectivity index (χ1) is 8.74. The molecule has 1 rings (SSSR count). The van der Waals surface area contributed by atoms with Gasteiger partial charge in [-0.1, -0.05) is 0 Å². The number of ether oxygens (including phenoxy) is 2. The van der Waals surface area contributed by atoms with Crippen molar-refractivity contribution >= 4 is 22.0 Å². The summed E-state index contributed by atoms with van der Waals surface area (Å²) in [5, 5.41) is 0. The highest BCUT2D eigenvalue weighted by molar-refractivity contribution is 9.10. The second-order valence-electron chi connectivity index (χ2n) is 5.13. The van der Waals surface area contributed by atoms with Gasteiger partial charge in [-0.15, -0.1) is 0 Å². The number of rotatable bonds is 3. The molecule has 1 aromatic rings. The molecule has 1 amide bonds. The Balaban J connectivity index is 2.77. The molecule has 6 heteroatoms. The zero-order valence-electron chi connectivity index (χ0n) is 11.9. The van der Waals surface area contributed by atoms with Crippen LogP contribution < -0.4 is 4.74 Å². The molecule has 0 bridgehead atoms. The quantitative estimate of drug-likeness (QED) is 0.853. The predicted octanol–water partition coefficient (Wildman–Crippen LogP) is 3.22. The molecule has 0 spiro atoms. The molecule has 0 unspecified atom stereocenters. The van der Waals surface area contributed by atoms with E-state index in [0.29, 0.717) is 12.4 Å². The third kappa shape index (κ3) is 4.70. The maximum absolute atomic E-state index is 11.9. The highest BCUT2D eigenvalue weighted by atomic mass is 79.9. The minimum Gasteiger partial charge on any atom is -0.480 e. The molecule has 19 heavy (non-hydrogen) atoms. The lowest BCUT2D eigenvalue weighted by Gasteiger charge is -2.25. The van der Waals surface area contributed by atoms with Crippen molar-refractivity contribution in [3.8, 4) is 5.88 Å². The van der Waals surface area contributed by atoms with Crippen LogP contribution >= 0.6 is 15.9 Å². The van der Waals surface area contributed by atoms with Crippen LogP contribution in [0.3, 0.4) is 0 Å². The second kappa shape index (κ2) is 6.23. The fourth-order valence-corrected chi connectivity index (χ4v) is 1.91. The van der Waals surface area contributed by atoms with Gasteiger partial charge in [-0.2, -0.15) is 0 Å². The molecule has 0 aliphatic heterocycles. The Morgan fingerprint density at radius 3 is 2.63 bits per heavy atom. The summed E-state index contributed by atoms with van der Waals surface area (Å²) in [7, 11) is 3.24. The predicted molar refractivity (Wildman–Crippen MR) is 76.2 cm³/mol. The Bertz CT molecular complexity index is 458. The summed E-state index contributed by atoms with van der Waals surface area (Å²) in [5.41, 5.74) is 0.401. The van der Waals surface area contributed by atoms with Crippen LogP contribution in [0.1, 0.15) is 26.3 Å². The Kier molecular flexibility index (Phi) is 5.17. The fourth-order valence-electron chi connectivity index (χ4n) is 1.39. The van der Waals surface area contributed by atoms with Crippen molar-refractivity contribution in [1.29, 1.82) is 0 Å². The molecular weight excluding hydrogens is 312 g/mol. The first kappa shape index (κ1) is 15.8. The Morgan fingerprint density at radius 1 is 1.47 bits per heavy atom. The van der Waals surface area contributed by atoms with E-state index < -0.39 is 5.60 Å². The number of pyridine rings is 1. The number of methoxy groups -OCH3 is 1. The van der Waals surface area contributed by atoms with Crippen molar-refractivity contribution in [2.75, 3.05) is 14.2 Å². The molecule has 1 heterocycles. The fraction of sp³-hybridized carbons (Fsp3) is 0.538. The Hall–Kier alpha value is -1.30. The van der Waals surface area contributed by atoms with E-state index in [1.807, 2.05) is 26.8 Å². The second-order valence-corrected chi connectivity index (χ2v) is 5.92. The molecule has 0 fully saturated rings. The molecule has 0 aromatic carbocycles. The average molecular weight is 331 g/mol. The highest BCUT2D eigenvalue weighted by Gasteiger charge is 2.20. The maximum atomic E-state index is 11.9. The lowest BCUT2D eigenvalue weighted by molar-refractivity contribution is 0.0284. The van der Waals surface area contributed by atoms with Gasteiger partial charge in [0.25, 0.3) is 0 Å². The van der Waals surface area contributed by atoms with Crippen molar-refractivity contribution in [1.82, 2.24) is 9.88 Å². The summed E-state index contributed by atoms with van der Waals surface area (Å²) in [5.74, 6) is 0.495. The molecule has 0 aliphatic carbocycles. The molecular formula is C13H19BrN2O3. The topological polar surface area (TPSA) is 51.7 Å². The normalized spacial score (nSPS) is 11.1. The third-order valence-corrected chi connectivity index (χ3v) is 3.09. The summed E-state index contributed by atoms with van der Waals surface area (Å²) in [6.45, 7) is 5.92. The zero-order valence-corrected chi connectivity index (χ0v) is 13.4. The minimum atomic E-state index is -0.501. The largest absolute Gasteiger partial charge is 0.480 e. The lowest BCUT2D eigenvalue weighted by atomic mass is 10.2. The summed E-state index contributed by atoms with van der Waals surface area (Å²) in [6, 6.07) is 1.83. The van der Waals surface area contributed by atoms with E-state index in [2.05, 4.69) is 20.9 Å². The number of carbonyl (C=O) groups excluding carboxylic acids is 1. The van der Waals surface area contributed by atoms with E-state index in [0.717, 1.165) is 10.0 Å². The van der Waals surface area contributed by atoms with Gasteiger partial charge in [0.05, 0.1) is 18.1 Å². The van der Waals surface area contributed by atoms with Gasteiger partial charge >= 0.3 is 6.09 Å². The molecule has 0 radical (unpaired) electrons. The number of aromatic nitrogens is 1. The molecule has 0 aliphatic rings. The molecule has 0 N–H and O–H groups in total. The van der Waals surface area contributed by atoms with Crippen LogP contribution in [0.5, 0.6) is 5.88 Å². The van der Waals surface area contributed by atoms with Gasteiger partial charge in [-0.3, -0.25) is 0 Å². The number of hydrogen-bond acceptors (Lipinski definition) is 4. The van der Waals surface area contributed by atoms with E-state index >= 15 is 0 Å². The smallest absolute Gasteiger partial charge is 0.410 e. The molecule has 0 saturated carbocycles. The van der Waals surface area contributed by atoms with Crippen LogP contribution in [0.2, 0.25) is 0 Å². The summed E-state index contributed by atoms with van der Waals surface area (Å²) in [4.78, 5) is 17.4. The van der Waals surface area contributed by atoms with Gasteiger partial charge in [0.15, 0.2) is 0 Å². The molecule has 5 nitrogen and oxygen atoms in total. The summed E-state index contributed by atoms with van der Waals surface area (Å²) >= 11 is 3.41. The maximum Gasteiger partial charge on any atom is 0.410 e. The lowest BCUT2D eigenvalue weighted by Crippen LogP contribution is -2.33. The average Bonchev–Trinajstić information content (AvgIpc) is 2.29. The first-order valence-electron chi connectivity index (χ1n) is 5.86. The van der Waals surface area contributed by atoms with Crippen LogP contribution in [0.4, 0.5) is 4.79 Å². The van der Waals surface area contributed by atoms with Gasteiger partial charge < -0.3 is 14.4 Å². The van der Waals surface area contributed by atoms with Gasteiger partial charge in [-0.25, -0.2) is 9.78 Å². The summed E-state index contributed by atoms with van der Waals surface area (Å²) in [6.07, 6.45) is 1.28. The monoisotopic (exact) mass is 330 g/mol. The van der Waals surface area contributed by atoms with Crippen molar-refractivity contribution < 1.29 is 14.3 Å². The van der Waals surface area contributed by atoms with E-state index in [1.54, 1.807) is 20.4 Å². The van der Waals surface area contributed by atoms with Gasteiger partial charge in [0.1, 0.15) is 5.60 Å². The van der Waals surface area contributed by atoms with Crippen molar-refractivity contribution in [3.05, 3.63) is 22.3 Å². The van der Waals surface area contributed by atoms with Crippen LogP contribution in [-0.4, -0.2) is 35.7 Å². The van der Waals surface area contributed by atoms with Gasteiger partial charge in [0, 0.05) is 13.2 Å². The SMILES string of the molecule is COc1nccc(CN(C)C(=O)OC(C)(C)C)c1Br. The molecule has 0 saturated heterocycles.